The summed E-state index contributed by atoms with van der Waals surface area (Å²) in [6.07, 6.45) is 5.25. The molecule has 0 saturated carbocycles. The van der Waals surface area contributed by atoms with Crippen molar-refractivity contribution in [1.29, 1.82) is 0 Å². The molecule has 0 amide bonds. The minimum atomic E-state index is -3.59. The van der Waals surface area contributed by atoms with Gasteiger partial charge in [-0.05, 0) is 31.6 Å². The zero-order valence-electron chi connectivity index (χ0n) is 8.86. The molecule has 0 unspecified atom stereocenters. The average molecular weight is 229 g/mol. The Morgan fingerprint density at radius 1 is 1.47 bits per heavy atom. The SMILES string of the molecule is CCOC1=CC=C(S(N)(=O)=O)CC=C1C. The van der Waals surface area contributed by atoms with Crippen LogP contribution in [-0.2, 0) is 14.8 Å². The van der Waals surface area contributed by atoms with Gasteiger partial charge in [0.25, 0.3) is 0 Å². The van der Waals surface area contributed by atoms with Crippen molar-refractivity contribution in [2.75, 3.05) is 6.61 Å². The maximum atomic E-state index is 11.1. The molecular formula is C10H15NO3S. The van der Waals surface area contributed by atoms with Crippen LogP contribution < -0.4 is 5.14 Å². The van der Waals surface area contributed by atoms with E-state index in [2.05, 4.69) is 0 Å². The second kappa shape index (κ2) is 4.63. The van der Waals surface area contributed by atoms with Crippen LogP contribution in [0, 0.1) is 0 Å². The second-order valence-corrected chi connectivity index (χ2v) is 4.85. The van der Waals surface area contributed by atoms with Gasteiger partial charge in [0, 0.05) is 6.42 Å². The Labute approximate surface area is 90.2 Å². The molecule has 0 spiro atoms. The summed E-state index contributed by atoms with van der Waals surface area (Å²) in [4.78, 5) is 0.205. The maximum Gasteiger partial charge on any atom is 0.234 e. The number of sulfonamides is 1. The van der Waals surface area contributed by atoms with Gasteiger partial charge in [-0.1, -0.05) is 6.08 Å². The van der Waals surface area contributed by atoms with Crippen LogP contribution in [0.25, 0.3) is 0 Å². The first kappa shape index (κ1) is 12.0. The summed E-state index contributed by atoms with van der Waals surface area (Å²) >= 11 is 0. The number of primary sulfonamides is 1. The first-order valence-electron chi connectivity index (χ1n) is 4.68. The van der Waals surface area contributed by atoms with Crippen LogP contribution in [0.5, 0.6) is 0 Å². The summed E-state index contributed by atoms with van der Waals surface area (Å²) in [5.74, 6) is 0.691. The Morgan fingerprint density at radius 2 is 2.13 bits per heavy atom. The third-order valence-corrected chi connectivity index (χ3v) is 3.12. The van der Waals surface area contributed by atoms with Crippen LogP contribution in [0.3, 0.4) is 0 Å². The molecule has 1 aliphatic carbocycles. The maximum absolute atomic E-state index is 11.1. The Balaban J connectivity index is 3.04. The van der Waals surface area contributed by atoms with E-state index in [0.29, 0.717) is 18.8 Å². The lowest BCUT2D eigenvalue weighted by atomic mass is 10.2. The summed E-state index contributed by atoms with van der Waals surface area (Å²) in [5, 5.41) is 5.05. The largest absolute Gasteiger partial charge is 0.494 e. The van der Waals surface area contributed by atoms with Crippen molar-refractivity contribution in [3.63, 3.8) is 0 Å². The third-order valence-electron chi connectivity index (χ3n) is 2.08. The molecule has 5 heteroatoms. The van der Waals surface area contributed by atoms with Gasteiger partial charge in [-0.2, -0.15) is 0 Å². The van der Waals surface area contributed by atoms with Gasteiger partial charge in [0.1, 0.15) is 5.76 Å². The average Bonchev–Trinajstić information content (AvgIpc) is 2.29. The fourth-order valence-electron chi connectivity index (χ4n) is 1.25. The summed E-state index contributed by atoms with van der Waals surface area (Å²) < 4.78 is 27.6. The minimum absolute atomic E-state index is 0.205. The molecule has 0 aliphatic heterocycles. The van der Waals surface area contributed by atoms with Gasteiger partial charge >= 0.3 is 0 Å². The van der Waals surface area contributed by atoms with Crippen LogP contribution >= 0.6 is 0 Å². The minimum Gasteiger partial charge on any atom is -0.494 e. The number of nitrogens with two attached hydrogens (primary N) is 1. The molecule has 4 nitrogen and oxygen atoms in total. The first-order chi connectivity index (χ1) is 6.95. The van der Waals surface area contributed by atoms with Crippen molar-refractivity contribution in [2.24, 2.45) is 5.14 Å². The molecule has 0 atom stereocenters. The van der Waals surface area contributed by atoms with Crippen LogP contribution in [0.4, 0.5) is 0 Å². The highest BCUT2D eigenvalue weighted by molar-refractivity contribution is 7.93. The molecule has 0 aromatic carbocycles. The first-order valence-corrected chi connectivity index (χ1v) is 6.23. The Morgan fingerprint density at radius 3 is 2.67 bits per heavy atom. The molecular weight excluding hydrogens is 214 g/mol. The molecule has 0 bridgehead atoms. The number of rotatable bonds is 3. The molecule has 15 heavy (non-hydrogen) atoms. The molecule has 0 fully saturated rings. The zero-order chi connectivity index (χ0) is 11.5. The number of allylic oxidation sites excluding steroid dienone is 5. The molecule has 0 aromatic rings. The molecule has 84 valence electrons. The molecule has 1 rings (SSSR count). The second-order valence-electron chi connectivity index (χ2n) is 3.23. The van der Waals surface area contributed by atoms with Crippen LogP contribution in [-0.4, -0.2) is 15.0 Å². The van der Waals surface area contributed by atoms with E-state index < -0.39 is 10.0 Å². The molecule has 0 aromatic heterocycles. The quantitative estimate of drug-likeness (QED) is 0.795. The van der Waals surface area contributed by atoms with Gasteiger partial charge < -0.3 is 4.74 Å². The van der Waals surface area contributed by atoms with Crippen molar-refractivity contribution in [3.8, 4) is 0 Å². The van der Waals surface area contributed by atoms with Crippen molar-refractivity contribution in [2.45, 2.75) is 20.3 Å². The summed E-state index contributed by atoms with van der Waals surface area (Å²) in [7, 11) is -3.59. The highest BCUT2D eigenvalue weighted by Crippen LogP contribution is 2.20. The van der Waals surface area contributed by atoms with Crippen LogP contribution in [0.1, 0.15) is 20.3 Å². The number of hydrogen-bond acceptors (Lipinski definition) is 3. The van der Waals surface area contributed by atoms with Gasteiger partial charge in [0.2, 0.25) is 10.0 Å². The monoisotopic (exact) mass is 229 g/mol. The number of hydrogen-bond donors (Lipinski definition) is 1. The lowest BCUT2D eigenvalue weighted by Crippen LogP contribution is -2.13. The molecule has 0 heterocycles. The highest BCUT2D eigenvalue weighted by atomic mass is 32.2. The standard InChI is InChI=1S/C10H15NO3S/c1-3-14-10-7-6-9(15(11,12)13)5-4-8(10)2/h4,6-7H,3,5H2,1-2H3,(H2,11,12,13). The van der Waals surface area contributed by atoms with Gasteiger partial charge in [-0.25, -0.2) is 13.6 Å². The van der Waals surface area contributed by atoms with Gasteiger partial charge in [0.15, 0.2) is 0 Å². The summed E-state index contributed by atoms with van der Waals surface area (Å²) in [6.45, 7) is 4.31. The van der Waals surface area contributed by atoms with Gasteiger partial charge in [-0.3, -0.25) is 0 Å². The van der Waals surface area contributed by atoms with E-state index in [9.17, 15) is 8.42 Å². The van der Waals surface area contributed by atoms with Crippen molar-refractivity contribution in [3.05, 3.63) is 34.5 Å². The molecule has 2 N–H and O–H groups in total. The predicted octanol–water partition coefficient (Wildman–Crippen LogP) is 1.43. The topological polar surface area (TPSA) is 69.4 Å². The van der Waals surface area contributed by atoms with E-state index in [1.807, 2.05) is 13.8 Å². The normalized spacial score (nSPS) is 17.4. The Hall–Kier alpha value is -1.07. The zero-order valence-corrected chi connectivity index (χ0v) is 9.67. The van der Waals surface area contributed by atoms with E-state index in [1.165, 1.54) is 6.08 Å². The molecule has 0 radical (unpaired) electrons. The molecule has 0 saturated heterocycles. The fourth-order valence-corrected chi connectivity index (χ4v) is 1.82. The summed E-state index contributed by atoms with van der Waals surface area (Å²) in [5.41, 5.74) is 0.923. The van der Waals surface area contributed by atoms with E-state index in [-0.39, 0.29) is 4.91 Å². The van der Waals surface area contributed by atoms with Crippen LogP contribution in [0.2, 0.25) is 0 Å². The Kier molecular flexibility index (Phi) is 3.71. The fraction of sp³-hybridized carbons (Fsp3) is 0.400. The lowest BCUT2D eigenvalue weighted by molar-refractivity contribution is 0.238. The van der Waals surface area contributed by atoms with Crippen molar-refractivity contribution >= 4 is 10.0 Å². The van der Waals surface area contributed by atoms with E-state index in [4.69, 9.17) is 9.88 Å². The number of ether oxygens (including phenoxy) is 1. The smallest absolute Gasteiger partial charge is 0.234 e. The van der Waals surface area contributed by atoms with Gasteiger partial charge in [0.05, 0.1) is 11.5 Å². The third kappa shape index (κ3) is 3.21. The lowest BCUT2D eigenvalue weighted by Gasteiger charge is -2.06. The highest BCUT2D eigenvalue weighted by Gasteiger charge is 2.13. The van der Waals surface area contributed by atoms with Gasteiger partial charge in [-0.15, -0.1) is 0 Å². The van der Waals surface area contributed by atoms with Crippen molar-refractivity contribution in [1.82, 2.24) is 0 Å². The van der Waals surface area contributed by atoms with Crippen molar-refractivity contribution < 1.29 is 13.2 Å². The predicted molar refractivity (Wildman–Crippen MR) is 59.3 cm³/mol. The summed E-state index contributed by atoms with van der Waals surface area (Å²) in [6, 6.07) is 0. The van der Waals surface area contributed by atoms with E-state index in [1.54, 1.807) is 12.2 Å². The van der Waals surface area contributed by atoms with E-state index in [0.717, 1.165) is 5.57 Å². The van der Waals surface area contributed by atoms with Crippen LogP contribution in [0.15, 0.2) is 34.5 Å². The molecule has 1 aliphatic rings. The van der Waals surface area contributed by atoms with E-state index >= 15 is 0 Å². The Bertz CT molecular complexity index is 430.